The molecule has 0 unspecified atom stereocenters. The minimum absolute atomic E-state index is 0.225. The molecule has 0 spiro atoms. The average Bonchev–Trinajstić information content (AvgIpc) is 3.45. The van der Waals surface area contributed by atoms with Crippen LogP contribution < -0.4 is 0 Å². The summed E-state index contributed by atoms with van der Waals surface area (Å²) < 4.78 is 28.9. The Balaban J connectivity index is 1.77. The summed E-state index contributed by atoms with van der Waals surface area (Å²) in [7, 11) is -1.68. The molecule has 0 bridgehead atoms. The van der Waals surface area contributed by atoms with E-state index < -0.39 is 9.84 Å². The summed E-state index contributed by atoms with van der Waals surface area (Å²) in [5.74, 6) is 0. The van der Waals surface area contributed by atoms with Gasteiger partial charge in [0.1, 0.15) is 11.8 Å². The van der Waals surface area contributed by atoms with E-state index in [-0.39, 0.29) is 17.1 Å². The maximum atomic E-state index is 12.8. The first kappa shape index (κ1) is 20.0. The number of H-pyrrole nitrogens is 1. The van der Waals surface area contributed by atoms with E-state index in [1.165, 1.54) is 6.26 Å². The van der Waals surface area contributed by atoms with Gasteiger partial charge in [0.25, 0.3) is 0 Å². The number of fused-ring (bicyclic) bond motifs is 2. The van der Waals surface area contributed by atoms with Gasteiger partial charge < -0.3 is 4.98 Å². The van der Waals surface area contributed by atoms with Crippen molar-refractivity contribution in [1.82, 2.24) is 29.5 Å². The molecule has 10 heteroatoms. The molecule has 0 amide bonds. The van der Waals surface area contributed by atoms with Crippen LogP contribution in [0.3, 0.4) is 0 Å². The van der Waals surface area contributed by atoms with E-state index in [4.69, 9.17) is 5.26 Å². The zero-order valence-corrected chi connectivity index (χ0v) is 18.5. The molecule has 4 aromatic heterocycles. The van der Waals surface area contributed by atoms with Crippen LogP contribution in [0.4, 0.5) is 0 Å². The quantitative estimate of drug-likeness (QED) is 0.454. The van der Waals surface area contributed by atoms with Gasteiger partial charge in [-0.05, 0) is 30.7 Å². The topological polar surface area (TPSA) is 122 Å². The maximum Gasteiger partial charge on any atom is 0.182 e. The Bertz CT molecular complexity index is 1670. The monoisotopic (exact) mass is 445 g/mol. The number of nitrogens with one attached hydrogen (secondary N) is 1. The second-order valence-electron chi connectivity index (χ2n) is 7.85. The van der Waals surface area contributed by atoms with Gasteiger partial charge in [-0.3, -0.25) is 9.36 Å². The van der Waals surface area contributed by atoms with Crippen LogP contribution in [0.15, 0.2) is 47.9 Å². The summed E-state index contributed by atoms with van der Waals surface area (Å²) in [5.41, 5.74) is 4.82. The molecule has 4 heterocycles. The van der Waals surface area contributed by atoms with E-state index in [1.807, 2.05) is 32.4 Å². The Hall–Kier alpha value is -3.97. The van der Waals surface area contributed by atoms with Gasteiger partial charge in [0.2, 0.25) is 0 Å². The largest absolute Gasteiger partial charge is 0.360 e. The number of aryl methyl sites for hydroxylation is 2. The summed E-state index contributed by atoms with van der Waals surface area (Å²) in [6, 6.07) is 7.12. The number of aromatic nitrogens is 6. The Morgan fingerprint density at radius 2 is 2.06 bits per heavy atom. The Morgan fingerprint density at radius 1 is 1.25 bits per heavy atom. The molecule has 0 aliphatic carbocycles. The van der Waals surface area contributed by atoms with Crippen molar-refractivity contribution in [2.45, 2.75) is 18.4 Å². The number of sulfone groups is 1. The minimum Gasteiger partial charge on any atom is -0.360 e. The van der Waals surface area contributed by atoms with Crippen LogP contribution in [0.2, 0.25) is 0 Å². The van der Waals surface area contributed by atoms with E-state index in [2.05, 4.69) is 20.2 Å². The number of benzene rings is 1. The van der Waals surface area contributed by atoms with Crippen molar-refractivity contribution in [2.24, 2.45) is 7.05 Å². The normalized spacial score (nSPS) is 11.9. The fourth-order valence-corrected chi connectivity index (χ4v) is 5.06. The first-order chi connectivity index (χ1) is 15.2. The van der Waals surface area contributed by atoms with Crippen LogP contribution in [0.25, 0.3) is 33.1 Å². The molecule has 160 valence electrons. The number of nitriles is 1. The first-order valence-corrected chi connectivity index (χ1v) is 11.7. The van der Waals surface area contributed by atoms with Crippen LogP contribution in [0.1, 0.15) is 16.8 Å². The predicted octanol–water partition coefficient (Wildman–Crippen LogP) is 2.95. The van der Waals surface area contributed by atoms with Crippen molar-refractivity contribution < 1.29 is 8.42 Å². The molecule has 0 aliphatic heterocycles. The van der Waals surface area contributed by atoms with Crippen LogP contribution >= 0.6 is 0 Å². The molecule has 0 saturated heterocycles. The molecule has 0 aliphatic rings. The van der Waals surface area contributed by atoms with Gasteiger partial charge in [-0.15, -0.1) is 0 Å². The summed E-state index contributed by atoms with van der Waals surface area (Å²) in [6.07, 6.45) is 8.55. The van der Waals surface area contributed by atoms with Crippen LogP contribution in [-0.4, -0.2) is 44.2 Å². The van der Waals surface area contributed by atoms with Crippen LogP contribution in [0, 0.1) is 18.3 Å². The molecule has 9 nitrogen and oxygen atoms in total. The van der Waals surface area contributed by atoms with Gasteiger partial charge in [-0.2, -0.15) is 15.5 Å². The van der Waals surface area contributed by atoms with E-state index >= 15 is 0 Å². The van der Waals surface area contributed by atoms with Crippen molar-refractivity contribution in [3.63, 3.8) is 0 Å². The molecular formula is C22H19N7O2S. The van der Waals surface area contributed by atoms with Crippen LogP contribution in [-0.2, 0) is 23.4 Å². The third kappa shape index (κ3) is 3.23. The lowest BCUT2D eigenvalue weighted by Crippen LogP contribution is -2.09. The summed E-state index contributed by atoms with van der Waals surface area (Å²) in [4.78, 5) is 7.80. The Morgan fingerprint density at radius 3 is 2.75 bits per heavy atom. The number of hydrogen-bond donors (Lipinski definition) is 1. The van der Waals surface area contributed by atoms with Gasteiger partial charge in [-0.25, -0.2) is 13.4 Å². The standard InChI is InChI=1S/C22H19N7O2S/c1-13-6-19(32(3,30)31)18(12-29-11-14-4-5-16(7-23)26-22(14)27-29)20-17(9-24-21(13)20)15-8-25-28(2)10-15/h4-6,8-11,24H,12H2,1-3H3. The number of rotatable bonds is 4. The second-order valence-corrected chi connectivity index (χ2v) is 9.83. The predicted molar refractivity (Wildman–Crippen MR) is 120 cm³/mol. The highest BCUT2D eigenvalue weighted by Crippen LogP contribution is 2.36. The lowest BCUT2D eigenvalue weighted by Gasteiger charge is -2.13. The maximum absolute atomic E-state index is 12.8. The Labute approximate surface area is 183 Å². The molecule has 0 atom stereocenters. The van der Waals surface area contributed by atoms with E-state index in [0.29, 0.717) is 11.2 Å². The first-order valence-electron chi connectivity index (χ1n) is 9.81. The van der Waals surface area contributed by atoms with Gasteiger partial charge in [0.15, 0.2) is 15.5 Å². The molecule has 0 saturated carbocycles. The highest BCUT2D eigenvalue weighted by atomic mass is 32.2. The van der Waals surface area contributed by atoms with Gasteiger partial charge >= 0.3 is 0 Å². The van der Waals surface area contributed by atoms with Crippen molar-refractivity contribution >= 4 is 31.8 Å². The number of nitrogens with zero attached hydrogens (tertiary/aromatic N) is 6. The zero-order chi connectivity index (χ0) is 22.6. The number of hydrogen-bond acceptors (Lipinski definition) is 6. The third-order valence-electron chi connectivity index (χ3n) is 5.49. The average molecular weight is 446 g/mol. The molecular weight excluding hydrogens is 426 g/mol. The molecule has 0 radical (unpaired) electrons. The second kappa shape index (κ2) is 7.03. The summed E-state index contributed by atoms with van der Waals surface area (Å²) >= 11 is 0. The Kier molecular flexibility index (Phi) is 4.39. The molecule has 32 heavy (non-hydrogen) atoms. The lowest BCUT2D eigenvalue weighted by molar-refractivity contribution is 0.599. The fraction of sp³-hybridized carbons (Fsp3) is 0.182. The van der Waals surface area contributed by atoms with E-state index in [1.54, 1.807) is 40.0 Å². The molecule has 1 N–H and O–H groups in total. The van der Waals surface area contributed by atoms with Gasteiger partial charge in [0.05, 0.1) is 17.6 Å². The third-order valence-corrected chi connectivity index (χ3v) is 6.65. The minimum atomic E-state index is -3.51. The number of aromatic amines is 1. The van der Waals surface area contributed by atoms with E-state index in [0.717, 1.165) is 33.0 Å². The highest BCUT2D eigenvalue weighted by molar-refractivity contribution is 7.90. The van der Waals surface area contributed by atoms with Gasteiger partial charge in [-0.1, -0.05) is 0 Å². The lowest BCUT2D eigenvalue weighted by atomic mass is 10.00. The van der Waals surface area contributed by atoms with Crippen molar-refractivity contribution in [3.8, 4) is 17.2 Å². The van der Waals surface area contributed by atoms with Crippen molar-refractivity contribution in [2.75, 3.05) is 6.26 Å². The number of pyridine rings is 1. The smallest absolute Gasteiger partial charge is 0.182 e. The fourth-order valence-electron chi connectivity index (χ4n) is 4.06. The summed E-state index contributed by atoms with van der Waals surface area (Å²) in [6.45, 7) is 2.11. The van der Waals surface area contributed by atoms with Crippen molar-refractivity contribution in [3.05, 3.63) is 59.8 Å². The summed E-state index contributed by atoms with van der Waals surface area (Å²) in [5, 5.41) is 19.5. The van der Waals surface area contributed by atoms with Crippen LogP contribution in [0.5, 0.6) is 0 Å². The molecule has 5 aromatic rings. The van der Waals surface area contributed by atoms with E-state index in [9.17, 15) is 8.42 Å². The molecule has 1 aromatic carbocycles. The van der Waals surface area contributed by atoms with Gasteiger partial charge in [0, 0.05) is 64.9 Å². The van der Waals surface area contributed by atoms with Crippen molar-refractivity contribution in [1.29, 1.82) is 5.26 Å². The zero-order valence-electron chi connectivity index (χ0n) is 17.7. The SMILES string of the molecule is Cc1cc(S(C)(=O)=O)c(Cn2cc3ccc(C#N)nc3n2)c2c(-c3cnn(C)c3)c[nH]c12. The molecule has 5 rings (SSSR count). The highest BCUT2D eigenvalue weighted by Gasteiger charge is 2.23. The molecule has 0 fully saturated rings.